The minimum Gasteiger partial charge on any atom is -0.491 e. The van der Waals surface area contributed by atoms with Crippen LogP contribution in [0, 0.1) is 11.3 Å². The van der Waals surface area contributed by atoms with Gasteiger partial charge < -0.3 is 24.7 Å². The van der Waals surface area contributed by atoms with E-state index in [1.165, 1.54) is 19.1 Å². The molecule has 0 bridgehead atoms. The summed E-state index contributed by atoms with van der Waals surface area (Å²) in [6.45, 7) is 1.17. The van der Waals surface area contributed by atoms with E-state index in [4.69, 9.17) is 24.7 Å². The van der Waals surface area contributed by atoms with Crippen molar-refractivity contribution in [3.63, 3.8) is 0 Å². The van der Waals surface area contributed by atoms with Gasteiger partial charge in [-0.2, -0.15) is 5.26 Å². The number of esters is 2. The molecule has 2 aromatic carbocycles. The maximum Gasteiger partial charge on any atom is 0.355 e. The van der Waals surface area contributed by atoms with Crippen LogP contribution < -0.4 is 15.4 Å². The molecule has 2 aliphatic rings. The topological polar surface area (TPSA) is 124 Å². The molecule has 37 heavy (non-hydrogen) atoms. The molecule has 2 atom stereocenters. The van der Waals surface area contributed by atoms with Crippen molar-refractivity contribution in [1.29, 1.82) is 5.26 Å². The smallest absolute Gasteiger partial charge is 0.355 e. The third-order valence-electron chi connectivity index (χ3n) is 6.42. The summed E-state index contributed by atoms with van der Waals surface area (Å²) in [6, 6.07) is 17.9. The summed E-state index contributed by atoms with van der Waals surface area (Å²) in [7, 11) is 2.43. The molecule has 0 amide bonds. The zero-order valence-electron chi connectivity index (χ0n) is 20.8. The van der Waals surface area contributed by atoms with E-state index in [9.17, 15) is 14.9 Å². The van der Waals surface area contributed by atoms with Crippen molar-refractivity contribution in [3.05, 3.63) is 82.8 Å². The summed E-state index contributed by atoms with van der Waals surface area (Å²) in [5.74, 6) is -1.87. The van der Waals surface area contributed by atoms with Gasteiger partial charge in [0.1, 0.15) is 23.9 Å². The molecule has 9 heteroatoms. The number of ether oxygens (including phenoxy) is 4. The number of nitrogens with two attached hydrogens (primary N) is 1. The molecule has 0 aliphatic carbocycles. The largest absolute Gasteiger partial charge is 0.491 e. The number of anilines is 1. The van der Waals surface area contributed by atoms with Crippen molar-refractivity contribution in [2.24, 2.45) is 5.73 Å². The number of hydrogen-bond donors (Lipinski definition) is 1. The number of hydrogen-bond acceptors (Lipinski definition) is 9. The zero-order valence-corrected chi connectivity index (χ0v) is 20.8. The zero-order chi connectivity index (χ0) is 26.4. The van der Waals surface area contributed by atoms with Crippen LogP contribution in [-0.2, 0) is 23.8 Å². The molecule has 0 spiro atoms. The number of benzene rings is 2. The highest BCUT2D eigenvalue weighted by atomic mass is 16.5. The van der Waals surface area contributed by atoms with Gasteiger partial charge in [0.15, 0.2) is 0 Å². The Morgan fingerprint density at radius 1 is 1.05 bits per heavy atom. The molecule has 2 N–H and O–H groups in total. The molecular formula is C28H29N3O6. The van der Waals surface area contributed by atoms with E-state index in [1.807, 2.05) is 6.07 Å². The van der Waals surface area contributed by atoms with Gasteiger partial charge in [-0.25, -0.2) is 9.59 Å². The number of carbonyl (C=O) groups is 2. The first-order valence-corrected chi connectivity index (χ1v) is 12.0. The second-order valence-electron chi connectivity index (χ2n) is 8.63. The monoisotopic (exact) mass is 503 g/mol. The van der Waals surface area contributed by atoms with Crippen LogP contribution in [0.5, 0.6) is 5.75 Å². The average molecular weight is 504 g/mol. The van der Waals surface area contributed by atoms with E-state index in [1.54, 1.807) is 48.5 Å². The Labute approximate surface area is 215 Å². The molecule has 1 fully saturated rings. The predicted octanol–water partition coefficient (Wildman–Crippen LogP) is 3.53. The summed E-state index contributed by atoms with van der Waals surface area (Å²) in [5.41, 5.74) is 7.51. The lowest BCUT2D eigenvalue weighted by molar-refractivity contribution is -0.139. The van der Waals surface area contributed by atoms with E-state index < -0.39 is 17.9 Å². The molecule has 0 aromatic heterocycles. The average Bonchev–Trinajstić information content (AvgIpc) is 2.95. The van der Waals surface area contributed by atoms with Gasteiger partial charge in [0.25, 0.3) is 0 Å². The third-order valence-corrected chi connectivity index (χ3v) is 6.42. The molecule has 2 aromatic rings. The summed E-state index contributed by atoms with van der Waals surface area (Å²) < 4.78 is 21.7. The quantitative estimate of drug-likeness (QED) is 0.565. The summed E-state index contributed by atoms with van der Waals surface area (Å²) in [5, 5.41) is 10.1. The van der Waals surface area contributed by atoms with Gasteiger partial charge in [-0.15, -0.1) is 0 Å². The van der Waals surface area contributed by atoms with E-state index in [2.05, 4.69) is 6.07 Å². The Balaban J connectivity index is 1.77. The van der Waals surface area contributed by atoms with Crippen LogP contribution in [0.4, 0.5) is 5.69 Å². The Morgan fingerprint density at radius 3 is 2.35 bits per heavy atom. The molecule has 192 valence electrons. The van der Waals surface area contributed by atoms with Crippen LogP contribution in [0.1, 0.15) is 30.7 Å². The van der Waals surface area contributed by atoms with Crippen molar-refractivity contribution in [3.8, 4) is 11.8 Å². The molecule has 2 unspecified atom stereocenters. The maximum atomic E-state index is 13.1. The van der Waals surface area contributed by atoms with Gasteiger partial charge in [-0.3, -0.25) is 4.90 Å². The van der Waals surface area contributed by atoms with Crippen molar-refractivity contribution < 1.29 is 28.5 Å². The molecular weight excluding hydrogens is 474 g/mol. The van der Waals surface area contributed by atoms with Crippen LogP contribution in [0.25, 0.3) is 0 Å². The van der Waals surface area contributed by atoms with Gasteiger partial charge >= 0.3 is 11.9 Å². The lowest BCUT2D eigenvalue weighted by Gasteiger charge is -2.35. The lowest BCUT2D eigenvalue weighted by atomic mass is 9.81. The van der Waals surface area contributed by atoms with E-state index in [0.717, 1.165) is 25.9 Å². The van der Waals surface area contributed by atoms with E-state index in [-0.39, 0.29) is 28.8 Å². The first-order valence-electron chi connectivity index (χ1n) is 12.0. The summed E-state index contributed by atoms with van der Waals surface area (Å²) >= 11 is 0. The first kappa shape index (κ1) is 25.8. The van der Waals surface area contributed by atoms with E-state index >= 15 is 0 Å². The summed E-state index contributed by atoms with van der Waals surface area (Å²) in [6.07, 6.45) is 3.19. The van der Waals surface area contributed by atoms with Crippen molar-refractivity contribution in [2.45, 2.75) is 31.3 Å². The first-order chi connectivity index (χ1) is 18.0. The third kappa shape index (κ3) is 5.29. The fourth-order valence-electron chi connectivity index (χ4n) is 4.60. The van der Waals surface area contributed by atoms with Crippen molar-refractivity contribution in [1.82, 2.24) is 0 Å². The minimum absolute atomic E-state index is 0.00804. The molecule has 2 aliphatic heterocycles. The van der Waals surface area contributed by atoms with Crippen LogP contribution in [0.2, 0.25) is 0 Å². The Kier molecular flexibility index (Phi) is 8.11. The maximum absolute atomic E-state index is 13.1. The summed E-state index contributed by atoms with van der Waals surface area (Å²) in [4.78, 5) is 27.6. The Bertz CT molecular complexity index is 1240. The lowest BCUT2D eigenvalue weighted by Crippen LogP contribution is -2.40. The normalized spacial score (nSPS) is 19.8. The van der Waals surface area contributed by atoms with Crippen molar-refractivity contribution in [2.75, 3.05) is 32.3 Å². The molecule has 2 heterocycles. The second-order valence-corrected chi connectivity index (χ2v) is 8.63. The second kappa shape index (κ2) is 11.6. The Hall–Kier alpha value is -4.29. The van der Waals surface area contributed by atoms with Gasteiger partial charge in [0.2, 0.25) is 0 Å². The fourth-order valence-corrected chi connectivity index (χ4v) is 4.60. The van der Waals surface area contributed by atoms with Gasteiger partial charge in [0.05, 0.1) is 43.5 Å². The number of nitrogens with zero attached hydrogens (tertiary/aromatic N) is 2. The number of methoxy groups -OCH3 is 2. The minimum atomic E-state index is -0.915. The molecule has 1 saturated heterocycles. The highest BCUT2D eigenvalue weighted by Crippen LogP contribution is 2.43. The standard InChI is InChI=1S/C28H29N3O6/c1-34-27(32)24-23(18-8-4-3-5-9-18)22(16-29)26(30)31(25(24)28(33)35-2)19-11-13-20(14-12-19)37-17-21-10-6-7-15-36-21/h3-5,8-9,11-14,21,23H,6-7,10,15,17,30H2,1-2H3. The van der Waals surface area contributed by atoms with Gasteiger partial charge in [0, 0.05) is 12.3 Å². The van der Waals surface area contributed by atoms with Crippen LogP contribution in [0.15, 0.2) is 77.3 Å². The van der Waals surface area contributed by atoms with E-state index in [0.29, 0.717) is 23.6 Å². The predicted molar refractivity (Wildman–Crippen MR) is 135 cm³/mol. The van der Waals surface area contributed by atoms with Crippen molar-refractivity contribution >= 4 is 17.6 Å². The number of rotatable bonds is 7. The number of carbonyl (C=O) groups excluding carboxylic acids is 2. The highest BCUT2D eigenvalue weighted by Gasteiger charge is 2.42. The molecule has 0 saturated carbocycles. The highest BCUT2D eigenvalue weighted by molar-refractivity contribution is 6.06. The van der Waals surface area contributed by atoms with Crippen LogP contribution >= 0.6 is 0 Å². The number of nitriles is 1. The molecule has 9 nitrogen and oxygen atoms in total. The molecule has 4 rings (SSSR count). The fraction of sp³-hybridized carbons (Fsp3) is 0.321. The van der Waals surface area contributed by atoms with Gasteiger partial charge in [-0.05, 0) is 49.1 Å². The van der Waals surface area contributed by atoms with Crippen LogP contribution in [-0.4, -0.2) is 45.5 Å². The Morgan fingerprint density at radius 2 is 1.76 bits per heavy atom. The van der Waals surface area contributed by atoms with Crippen LogP contribution in [0.3, 0.4) is 0 Å². The van der Waals surface area contributed by atoms with Gasteiger partial charge in [-0.1, -0.05) is 30.3 Å². The SMILES string of the molecule is COC(=O)C1=C(C(=O)OC)N(c2ccc(OCC3CCCCO3)cc2)C(N)=C(C#N)C1c1ccccc1. The molecule has 0 radical (unpaired) electrons. The number of allylic oxidation sites excluding steroid dienone is 1.